The Bertz CT molecular complexity index is 625. The molecule has 1 N–H and O–H groups in total. The molecule has 112 valence electrons. The van der Waals surface area contributed by atoms with E-state index < -0.39 is 0 Å². The lowest BCUT2D eigenvalue weighted by molar-refractivity contribution is 0.101. The minimum Gasteiger partial charge on any atom is -0.361 e. The van der Waals surface area contributed by atoms with Gasteiger partial charge < -0.3 is 14.7 Å². The van der Waals surface area contributed by atoms with Gasteiger partial charge in [-0.3, -0.25) is 4.79 Å². The Morgan fingerprint density at radius 3 is 2.86 bits per heavy atom. The van der Waals surface area contributed by atoms with E-state index >= 15 is 0 Å². The number of nitrogens with zero attached hydrogens (tertiary/aromatic N) is 4. The van der Waals surface area contributed by atoms with Crippen molar-refractivity contribution in [1.29, 1.82) is 0 Å². The first kappa shape index (κ1) is 13.8. The van der Waals surface area contributed by atoms with E-state index in [1.54, 1.807) is 19.2 Å². The van der Waals surface area contributed by atoms with E-state index in [1.165, 1.54) is 0 Å². The van der Waals surface area contributed by atoms with Crippen LogP contribution in [0.1, 0.15) is 35.1 Å². The van der Waals surface area contributed by atoms with Crippen LogP contribution >= 0.6 is 0 Å². The van der Waals surface area contributed by atoms with Crippen LogP contribution in [-0.4, -0.2) is 45.9 Å². The van der Waals surface area contributed by atoms with Gasteiger partial charge in [0.15, 0.2) is 5.69 Å². The number of rotatable bonds is 3. The topological polar surface area (TPSA) is 76.2 Å². The first-order valence-corrected chi connectivity index (χ1v) is 7.10. The zero-order chi connectivity index (χ0) is 14.8. The molecule has 2 aromatic rings. The van der Waals surface area contributed by atoms with Crippen LogP contribution in [0, 0.1) is 6.92 Å². The molecule has 0 aliphatic carbocycles. The Morgan fingerprint density at radius 2 is 2.19 bits per heavy atom. The van der Waals surface area contributed by atoms with Crippen molar-refractivity contribution >= 4 is 11.7 Å². The Kier molecular flexibility index (Phi) is 3.74. The predicted octanol–water partition coefficient (Wildman–Crippen LogP) is 1.70. The molecule has 1 aliphatic rings. The molecule has 1 amide bonds. The van der Waals surface area contributed by atoms with Crippen molar-refractivity contribution < 1.29 is 9.32 Å². The van der Waals surface area contributed by atoms with E-state index in [0.717, 1.165) is 25.9 Å². The Morgan fingerprint density at radius 1 is 1.43 bits per heavy atom. The number of aryl methyl sites for hydroxylation is 1. The molecule has 7 nitrogen and oxygen atoms in total. The normalized spacial score (nSPS) is 17.0. The monoisotopic (exact) mass is 289 g/mol. The highest BCUT2D eigenvalue weighted by molar-refractivity contribution is 6.02. The molecule has 3 heterocycles. The average molecular weight is 289 g/mol. The third kappa shape index (κ3) is 2.97. The van der Waals surface area contributed by atoms with Crippen molar-refractivity contribution in [3.05, 3.63) is 29.8 Å². The molecular formula is C14H19N5O2. The number of nitrogens with one attached hydrogen (secondary N) is 1. The maximum absolute atomic E-state index is 12.1. The standard InChI is InChI=1S/C14H19N5O2/c1-10-9-12(17-21-10)14(20)16-13-3-6-15-19(13)11-4-7-18(2)8-5-11/h3,6,9,11H,4-5,7-8H2,1-2H3,(H,16,20). The Hall–Kier alpha value is -2.15. The van der Waals surface area contributed by atoms with E-state index in [-0.39, 0.29) is 11.6 Å². The summed E-state index contributed by atoms with van der Waals surface area (Å²) < 4.78 is 6.83. The predicted molar refractivity (Wildman–Crippen MR) is 77.2 cm³/mol. The number of amides is 1. The van der Waals surface area contributed by atoms with Crippen molar-refractivity contribution in [1.82, 2.24) is 19.8 Å². The van der Waals surface area contributed by atoms with Gasteiger partial charge in [0.05, 0.1) is 12.2 Å². The molecule has 0 bridgehead atoms. The lowest BCUT2D eigenvalue weighted by atomic mass is 10.1. The molecule has 0 spiro atoms. The highest BCUT2D eigenvalue weighted by Gasteiger charge is 2.22. The lowest BCUT2D eigenvalue weighted by Gasteiger charge is -2.29. The van der Waals surface area contributed by atoms with E-state index in [2.05, 4.69) is 27.5 Å². The second kappa shape index (κ2) is 5.69. The van der Waals surface area contributed by atoms with Gasteiger partial charge >= 0.3 is 0 Å². The number of carbonyl (C=O) groups is 1. The summed E-state index contributed by atoms with van der Waals surface area (Å²) >= 11 is 0. The highest BCUT2D eigenvalue weighted by Crippen LogP contribution is 2.24. The van der Waals surface area contributed by atoms with Crippen LogP contribution in [0.2, 0.25) is 0 Å². The molecule has 2 aromatic heterocycles. The molecule has 1 fully saturated rings. The van der Waals surface area contributed by atoms with E-state index in [4.69, 9.17) is 4.52 Å². The van der Waals surface area contributed by atoms with Gasteiger partial charge in [0, 0.05) is 12.1 Å². The van der Waals surface area contributed by atoms with Gasteiger partial charge in [-0.05, 0) is 39.9 Å². The summed E-state index contributed by atoms with van der Waals surface area (Å²) in [6.07, 6.45) is 3.77. The smallest absolute Gasteiger partial charge is 0.278 e. The van der Waals surface area contributed by atoms with E-state index in [0.29, 0.717) is 17.6 Å². The van der Waals surface area contributed by atoms with Crippen LogP contribution in [0.4, 0.5) is 5.82 Å². The SMILES string of the molecule is Cc1cc(C(=O)Nc2ccnn2C2CCN(C)CC2)no1. The summed E-state index contributed by atoms with van der Waals surface area (Å²) in [7, 11) is 2.12. The van der Waals surface area contributed by atoms with Crippen LogP contribution in [0.15, 0.2) is 22.9 Å². The summed E-state index contributed by atoms with van der Waals surface area (Å²) in [5, 5.41) is 10.9. The number of likely N-dealkylation sites (tertiary alicyclic amines) is 1. The fourth-order valence-corrected chi connectivity index (χ4v) is 2.60. The second-order valence-electron chi connectivity index (χ2n) is 5.47. The van der Waals surface area contributed by atoms with Gasteiger partial charge in [-0.1, -0.05) is 5.16 Å². The quantitative estimate of drug-likeness (QED) is 0.930. The maximum atomic E-state index is 12.1. The molecule has 0 radical (unpaired) electrons. The molecule has 1 aliphatic heterocycles. The van der Waals surface area contributed by atoms with Crippen LogP contribution in [0.25, 0.3) is 0 Å². The molecule has 0 atom stereocenters. The fourth-order valence-electron chi connectivity index (χ4n) is 2.60. The van der Waals surface area contributed by atoms with E-state index in [9.17, 15) is 4.79 Å². The summed E-state index contributed by atoms with van der Waals surface area (Å²) in [5.41, 5.74) is 0.281. The second-order valence-corrected chi connectivity index (χ2v) is 5.47. The number of aromatic nitrogens is 3. The maximum Gasteiger partial charge on any atom is 0.278 e. The highest BCUT2D eigenvalue weighted by atomic mass is 16.5. The van der Waals surface area contributed by atoms with Crippen LogP contribution < -0.4 is 5.32 Å². The Balaban J connectivity index is 1.72. The Labute approximate surface area is 122 Å². The summed E-state index contributed by atoms with van der Waals surface area (Å²) in [4.78, 5) is 14.4. The summed E-state index contributed by atoms with van der Waals surface area (Å²) in [6, 6.07) is 3.75. The van der Waals surface area contributed by atoms with Gasteiger partial charge in [-0.2, -0.15) is 5.10 Å². The van der Waals surface area contributed by atoms with E-state index in [1.807, 2.05) is 10.7 Å². The number of piperidine rings is 1. The fraction of sp³-hybridized carbons (Fsp3) is 0.500. The van der Waals surface area contributed by atoms with Crippen LogP contribution in [0.3, 0.4) is 0 Å². The van der Waals surface area contributed by atoms with Crippen molar-refractivity contribution in [3.8, 4) is 0 Å². The molecule has 0 saturated carbocycles. The first-order valence-electron chi connectivity index (χ1n) is 7.10. The van der Waals surface area contributed by atoms with Gasteiger partial charge in [0.25, 0.3) is 5.91 Å². The molecule has 0 unspecified atom stereocenters. The zero-order valence-corrected chi connectivity index (χ0v) is 12.2. The van der Waals surface area contributed by atoms with Crippen molar-refractivity contribution in [2.24, 2.45) is 0 Å². The van der Waals surface area contributed by atoms with Gasteiger partial charge in [0.1, 0.15) is 11.6 Å². The third-order valence-corrected chi connectivity index (χ3v) is 3.81. The number of hydrogen-bond acceptors (Lipinski definition) is 5. The van der Waals surface area contributed by atoms with Gasteiger partial charge in [-0.15, -0.1) is 0 Å². The average Bonchev–Trinajstić information content (AvgIpc) is 3.09. The largest absolute Gasteiger partial charge is 0.361 e. The molecule has 1 saturated heterocycles. The number of hydrogen-bond donors (Lipinski definition) is 1. The van der Waals surface area contributed by atoms with Gasteiger partial charge in [0.2, 0.25) is 0 Å². The molecule has 3 rings (SSSR count). The number of carbonyl (C=O) groups excluding carboxylic acids is 1. The molecule has 21 heavy (non-hydrogen) atoms. The summed E-state index contributed by atoms with van der Waals surface area (Å²) in [6.45, 7) is 3.84. The minimum absolute atomic E-state index is 0.276. The molecular weight excluding hydrogens is 270 g/mol. The zero-order valence-electron chi connectivity index (χ0n) is 12.2. The summed E-state index contributed by atoms with van der Waals surface area (Å²) in [5.74, 6) is 1.04. The lowest BCUT2D eigenvalue weighted by Crippen LogP contribution is -2.32. The third-order valence-electron chi connectivity index (χ3n) is 3.81. The van der Waals surface area contributed by atoms with Crippen molar-refractivity contribution in [3.63, 3.8) is 0 Å². The molecule has 0 aromatic carbocycles. The first-order chi connectivity index (χ1) is 10.1. The van der Waals surface area contributed by atoms with Crippen molar-refractivity contribution in [2.75, 3.05) is 25.5 Å². The minimum atomic E-state index is -0.276. The number of anilines is 1. The van der Waals surface area contributed by atoms with Crippen LogP contribution in [-0.2, 0) is 0 Å². The van der Waals surface area contributed by atoms with Crippen LogP contribution in [0.5, 0.6) is 0 Å². The van der Waals surface area contributed by atoms with Crippen molar-refractivity contribution in [2.45, 2.75) is 25.8 Å². The van der Waals surface area contributed by atoms with Gasteiger partial charge in [-0.25, -0.2) is 4.68 Å². The molecule has 7 heteroatoms.